The number of hydrogen-bond donors (Lipinski definition) is 2. The van der Waals surface area contributed by atoms with Crippen molar-refractivity contribution in [2.24, 2.45) is 5.73 Å². The van der Waals surface area contributed by atoms with E-state index in [0.29, 0.717) is 24.4 Å². The van der Waals surface area contributed by atoms with Crippen molar-refractivity contribution >= 4 is 11.7 Å². The molecule has 0 bridgehead atoms. The third-order valence-corrected chi connectivity index (χ3v) is 5.28. The van der Waals surface area contributed by atoms with E-state index in [4.69, 9.17) is 10.5 Å². The number of aliphatic carboxylic acids is 1. The molecule has 0 radical (unpaired) electrons. The van der Waals surface area contributed by atoms with Crippen LogP contribution in [-0.4, -0.2) is 24.7 Å². The Hall–Kier alpha value is -3.31. The van der Waals surface area contributed by atoms with E-state index in [2.05, 4.69) is 35.2 Å². The van der Waals surface area contributed by atoms with E-state index in [1.54, 1.807) is 0 Å². The summed E-state index contributed by atoms with van der Waals surface area (Å²) in [6, 6.07) is 22.2. The lowest BCUT2D eigenvalue weighted by Gasteiger charge is -2.35. The van der Waals surface area contributed by atoms with Gasteiger partial charge in [-0.1, -0.05) is 48.5 Å². The normalized spacial score (nSPS) is 15.5. The average Bonchev–Trinajstić information content (AvgIpc) is 2.74. The zero-order valence-corrected chi connectivity index (χ0v) is 16.3. The van der Waals surface area contributed by atoms with E-state index in [0.717, 1.165) is 27.9 Å². The Morgan fingerprint density at radius 2 is 1.83 bits per heavy atom. The van der Waals surface area contributed by atoms with Gasteiger partial charge in [-0.2, -0.15) is 0 Å². The topological polar surface area (TPSA) is 75.8 Å². The highest BCUT2D eigenvalue weighted by atomic mass is 16.5. The summed E-state index contributed by atoms with van der Waals surface area (Å²) in [6.07, 6.45) is -0.240. The average molecular weight is 388 g/mol. The molecule has 1 atom stereocenters. The van der Waals surface area contributed by atoms with Crippen molar-refractivity contribution in [3.05, 3.63) is 83.4 Å². The molecular formula is C24H24N2O3. The number of fused-ring (bicyclic) bond motifs is 1. The second-order valence-corrected chi connectivity index (χ2v) is 7.35. The zero-order valence-electron chi connectivity index (χ0n) is 16.3. The third-order valence-electron chi connectivity index (χ3n) is 5.28. The first-order valence-corrected chi connectivity index (χ1v) is 9.66. The van der Waals surface area contributed by atoms with Crippen LogP contribution in [0, 0.1) is 0 Å². The first-order valence-electron chi connectivity index (χ1n) is 9.66. The van der Waals surface area contributed by atoms with E-state index in [1.807, 2.05) is 43.4 Å². The number of carboxylic acid groups (broad SMARTS) is 1. The Labute approximate surface area is 170 Å². The highest BCUT2D eigenvalue weighted by molar-refractivity contribution is 5.74. The van der Waals surface area contributed by atoms with Gasteiger partial charge in [0.25, 0.3) is 0 Å². The first-order chi connectivity index (χ1) is 14.0. The van der Waals surface area contributed by atoms with E-state index in [-0.39, 0.29) is 12.5 Å². The number of para-hydroxylation sites is 1. The zero-order chi connectivity index (χ0) is 20.4. The van der Waals surface area contributed by atoms with Crippen LogP contribution in [0.1, 0.15) is 22.8 Å². The van der Waals surface area contributed by atoms with Crippen molar-refractivity contribution in [2.75, 3.05) is 18.5 Å². The molecule has 1 aliphatic rings. The molecule has 0 fully saturated rings. The lowest BCUT2D eigenvalue weighted by molar-refractivity contribution is -0.136. The van der Waals surface area contributed by atoms with Crippen LogP contribution in [0.15, 0.2) is 66.7 Å². The number of carboxylic acids is 1. The van der Waals surface area contributed by atoms with Crippen molar-refractivity contribution in [1.82, 2.24) is 0 Å². The van der Waals surface area contributed by atoms with E-state index < -0.39 is 5.97 Å². The van der Waals surface area contributed by atoms with Crippen LogP contribution in [0.3, 0.4) is 0 Å². The van der Waals surface area contributed by atoms with E-state index in [1.165, 1.54) is 0 Å². The molecule has 1 aliphatic heterocycles. The standard InChI is InChI=1S/C24H24N2O3/c1-26-15-22(29-24-20(13-23(27)28)9-4-10-21(24)26)19-8-3-7-18(12-19)17-6-2-5-16(11-17)14-25/h2-12,22H,13-15,25H2,1H3,(H,27,28)/t22-/m0/s1. The molecule has 0 aliphatic carbocycles. The number of anilines is 1. The Kier molecular flexibility index (Phi) is 5.23. The maximum absolute atomic E-state index is 11.3. The fraction of sp³-hybridized carbons (Fsp3) is 0.208. The largest absolute Gasteiger partial charge is 0.481 e. The van der Waals surface area contributed by atoms with Gasteiger partial charge in [-0.05, 0) is 40.5 Å². The molecule has 5 nitrogen and oxygen atoms in total. The second kappa shape index (κ2) is 7.97. The Bertz CT molecular complexity index is 1050. The minimum atomic E-state index is -0.867. The van der Waals surface area contributed by atoms with E-state index >= 15 is 0 Å². The molecule has 1 heterocycles. The molecule has 4 rings (SSSR count). The van der Waals surface area contributed by atoms with Crippen LogP contribution in [0.4, 0.5) is 5.69 Å². The van der Waals surface area contributed by atoms with Gasteiger partial charge in [0.1, 0.15) is 11.9 Å². The number of likely N-dealkylation sites (N-methyl/N-ethyl adjacent to an activating group) is 1. The monoisotopic (exact) mass is 388 g/mol. The molecule has 29 heavy (non-hydrogen) atoms. The summed E-state index contributed by atoms with van der Waals surface area (Å²) in [5.74, 6) is -0.210. The van der Waals surface area contributed by atoms with Crippen LogP contribution in [-0.2, 0) is 17.8 Å². The Balaban J connectivity index is 1.67. The first kappa shape index (κ1) is 19.0. The van der Waals surface area contributed by atoms with Gasteiger partial charge in [-0.15, -0.1) is 0 Å². The highest BCUT2D eigenvalue weighted by Crippen LogP contribution is 2.40. The molecule has 0 aromatic heterocycles. The predicted octanol–water partition coefficient (Wildman–Crippen LogP) is 4.01. The number of rotatable bonds is 5. The Morgan fingerprint density at radius 1 is 1.10 bits per heavy atom. The van der Waals surface area contributed by atoms with Crippen LogP contribution in [0.25, 0.3) is 11.1 Å². The van der Waals surface area contributed by atoms with Gasteiger partial charge >= 0.3 is 5.97 Å². The molecule has 3 aromatic rings. The smallest absolute Gasteiger partial charge is 0.307 e. The SMILES string of the molecule is CN1C[C@@H](c2cccc(-c3cccc(CN)c3)c2)Oc2c(CC(=O)O)cccc21. The van der Waals surface area contributed by atoms with Crippen LogP contribution >= 0.6 is 0 Å². The lowest BCUT2D eigenvalue weighted by atomic mass is 9.98. The van der Waals surface area contributed by atoms with Crippen molar-refractivity contribution in [3.63, 3.8) is 0 Å². The molecule has 148 valence electrons. The molecule has 0 saturated heterocycles. The van der Waals surface area contributed by atoms with Crippen molar-refractivity contribution in [1.29, 1.82) is 0 Å². The number of hydrogen-bond acceptors (Lipinski definition) is 4. The van der Waals surface area contributed by atoms with Gasteiger partial charge in [0.05, 0.1) is 18.7 Å². The summed E-state index contributed by atoms with van der Waals surface area (Å²) >= 11 is 0. The number of nitrogens with two attached hydrogens (primary N) is 1. The highest BCUT2D eigenvalue weighted by Gasteiger charge is 2.27. The van der Waals surface area contributed by atoms with Crippen molar-refractivity contribution in [2.45, 2.75) is 19.1 Å². The number of benzene rings is 3. The van der Waals surface area contributed by atoms with Crippen LogP contribution in [0.5, 0.6) is 5.75 Å². The summed E-state index contributed by atoms with van der Waals surface area (Å²) in [5, 5.41) is 9.24. The van der Waals surface area contributed by atoms with Gasteiger partial charge in [-0.3, -0.25) is 4.79 Å². The van der Waals surface area contributed by atoms with Crippen LogP contribution in [0.2, 0.25) is 0 Å². The second-order valence-electron chi connectivity index (χ2n) is 7.35. The molecule has 3 aromatic carbocycles. The molecule has 0 amide bonds. The summed E-state index contributed by atoms with van der Waals surface area (Å²) < 4.78 is 6.33. The molecule has 5 heteroatoms. The summed E-state index contributed by atoms with van der Waals surface area (Å²) in [5.41, 5.74) is 11.8. The minimum absolute atomic E-state index is 0.0599. The van der Waals surface area contributed by atoms with E-state index in [9.17, 15) is 9.90 Å². The van der Waals surface area contributed by atoms with Crippen molar-refractivity contribution in [3.8, 4) is 16.9 Å². The Morgan fingerprint density at radius 3 is 2.59 bits per heavy atom. The summed E-state index contributed by atoms with van der Waals surface area (Å²) in [4.78, 5) is 13.4. The van der Waals surface area contributed by atoms with Crippen LogP contribution < -0.4 is 15.4 Å². The molecule has 0 unspecified atom stereocenters. The molecule has 3 N–H and O–H groups in total. The van der Waals surface area contributed by atoms with Crippen molar-refractivity contribution < 1.29 is 14.6 Å². The molecule has 0 saturated carbocycles. The number of ether oxygens (including phenoxy) is 1. The fourth-order valence-electron chi connectivity index (χ4n) is 3.81. The third kappa shape index (κ3) is 3.96. The van der Waals surface area contributed by atoms with Gasteiger partial charge in [-0.25, -0.2) is 0 Å². The molecular weight excluding hydrogens is 364 g/mol. The number of nitrogens with zero attached hydrogens (tertiary/aromatic N) is 1. The minimum Gasteiger partial charge on any atom is -0.481 e. The summed E-state index contributed by atoms with van der Waals surface area (Å²) in [7, 11) is 2.01. The van der Waals surface area contributed by atoms with Gasteiger partial charge in [0.15, 0.2) is 0 Å². The lowest BCUT2D eigenvalue weighted by Crippen LogP contribution is -2.32. The number of carbonyl (C=O) groups is 1. The van der Waals surface area contributed by atoms with Gasteiger partial charge in [0.2, 0.25) is 0 Å². The van der Waals surface area contributed by atoms with Gasteiger partial charge in [0, 0.05) is 19.2 Å². The maximum atomic E-state index is 11.3. The predicted molar refractivity (Wildman–Crippen MR) is 114 cm³/mol. The quantitative estimate of drug-likeness (QED) is 0.691. The molecule has 0 spiro atoms. The fourth-order valence-corrected chi connectivity index (χ4v) is 3.81. The summed E-state index contributed by atoms with van der Waals surface area (Å²) in [6.45, 7) is 1.20. The van der Waals surface area contributed by atoms with Gasteiger partial charge < -0.3 is 20.5 Å². The maximum Gasteiger partial charge on any atom is 0.307 e.